The first kappa shape index (κ1) is 26.4. The molecule has 5 nitrogen and oxygen atoms in total. The van der Waals surface area contributed by atoms with Crippen molar-refractivity contribution in [1.29, 1.82) is 0 Å². The molecule has 190 valence electrons. The lowest BCUT2D eigenvalue weighted by molar-refractivity contribution is -0.126. The Morgan fingerprint density at radius 2 is 1.76 bits per heavy atom. The zero-order chi connectivity index (χ0) is 26.7. The van der Waals surface area contributed by atoms with Crippen LogP contribution in [0.4, 0.5) is 15.9 Å². The fourth-order valence-electron chi connectivity index (χ4n) is 4.18. The first-order chi connectivity index (χ1) is 17.5. The number of nitrogens with one attached hydrogen (secondary N) is 1. The maximum Gasteiger partial charge on any atom is 0.171 e. The summed E-state index contributed by atoms with van der Waals surface area (Å²) in [6, 6.07) is 16.5. The summed E-state index contributed by atoms with van der Waals surface area (Å²) in [5.41, 5.74) is 2.87. The molecule has 0 fully saturated rings. The number of para-hydroxylation sites is 1. The van der Waals surface area contributed by atoms with Gasteiger partial charge in [0.2, 0.25) is 0 Å². The largest absolute Gasteiger partial charge is 0.340 e. The molecule has 0 radical (unpaired) electrons. The molecule has 0 aliphatic carbocycles. The molecule has 0 atom stereocenters. The molecule has 0 aliphatic rings. The number of carbonyl (C=O) groups excluding carboxylic acids is 2. The van der Waals surface area contributed by atoms with Crippen LogP contribution in [0.15, 0.2) is 60.9 Å². The molecule has 7 heteroatoms. The first-order valence-electron chi connectivity index (χ1n) is 12.1. The summed E-state index contributed by atoms with van der Waals surface area (Å²) >= 11 is 6.28. The van der Waals surface area contributed by atoms with Crippen molar-refractivity contribution >= 4 is 45.6 Å². The topological polar surface area (TPSA) is 72.0 Å². The predicted octanol–water partition coefficient (Wildman–Crippen LogP) is 7.45. The number of rotatable bonds is 8. The smallest absolute Gasteiger partial charge is 0.171 e. The quantitative estimate of drug-likeness (QED) is 0.246. The van der Waals surface area contributed by atoms with Crippen LogP contribution in [0, 0.1) is 18.2 Å². The van der Waals surface area contributed by atoms with E-state index in [0.717, 1.165) is 16.6 Å². The number of hydrogen-bond donors (Lipinski definition) is 1. The van der Waals surface area contributed by atoms with Crippen molar-refractivity contribution in [3.63, 3.8) is 0 Å². The lowest BCUT2D eigenvalue weighted by atomic mass is 9.87. The van der Waals surface area contributed by atoms with Gasteiger partial charge < -0.3 is 5.32 Å². The molecule has 0 unspecified atom stereocenters. The van der Waals surface area contributed by atoms with E-state index in [0.29, 0.717) is 22.5 Å². The van der Waals surface area contributed by atoms with E-state index in [9.17, 15) is 9.59 Å². The maximum atomic E-state index is 15.4. The van der Waals surface area contributed by atoms with Crippen LogP contribution in [0.1, 0.15) is 54.2 Å². The highest BCUT2D eigenvalue weighted by molar-refractivity contribution is 6.34. The van der Waals surface area contributed by atoms with E-state index in [2.05, 4.69) is 15.3 Å². The average Bonchev–Trinajstić information content (AvgIpc) is 2.83. The van der Waals surface area contributed by atoms with Gasteiger partial charge in [-0.15, -0.1) is 0 Å². The molecule has 0 saturated carbocycles. The van der Waals surface area contributed by atoms with Gasteiger partial charge in [-0.2, -0.15) is 0 Å². The minimum absolute atomic E-state index is 0.0280. The van der Waals surface area contributed by atoms with Gasteiger partial charge in [-0.05, 0) is 54.3 Å². The summed E-state index contributed by atoms with van der Waals surface area (Å²) in [6.07, 6.45) is 1.75. The second-order valence-electron chi connectivity index (χ2n) is 10.2. The number of hydrogen-bond acceptors (Lipinski definition) is 5. The summed E-state index contributed by atoms with van der Waals surface area (Å²) in [5, 5.41) is 4.11. The zero-order valence-electron chi connectivity index (χ0n) is 21.4. The third-order valence-corrected chi connectivity index (χ3v) is 6.60. The molecule has 1 aromatic heterocycles. The number of ketones is 2. The molecule has 0 saturated heterocycles. The Labute approximate surface area is 221 Å². The normalized spacial score (nSPS) is 11.5. The van der Waals surface area contributed by atoms with E-state index in [1.54, 1.807) is 12.1 Å². The van der Waals surface area contributed by atoms with Gasteiger partial charge in [0.1, 0.15) is 23.7 Å². The summed E-state index contributed by atoms with van der Waals surface area (Å²) in [6.45, 7) is 7.50. The van der Waals surface area contributed by atoms with Gasteiger partial charge in [-0.1, -0.05) is 62.7 Å². The molecule has 0 aliphatic heterocycles. The van der Waals surface area contributed by atoms with Crippen LogP contribution in [-0.4, -0.2) is 21.5 Å². The molecule has 1 heterocycles. The Kier molecular flexibility index (Phi) is 7.69. The zero-order valence-corrected chi connectivity index (χ0v) is 22.1. The summed E-state index contributed by atoms with van der Waals surface area (Å²) in [4.78, 5) is 34.4. The summed E-state index contributed by atoms with van der Waals surface area (Å²) in [7, 11) is 0. The SMILES string of the molecule is Cc1cccc(Nc2ncnc3c(CC(=O)c4c(Cl)ccc(CCC(=O)C(C)(C)C)c4F)cccc23)c1. The summed E-state index contributed by atoms with van der Waals surface area (Å²) < 4.78 is 15.4. The molecular weight excluding hydrogens is 489 g/mol. The van der Waals surface area contributed by atoms with Crippen molar-refractivity contribution in [2.75, 3.05) is 5.32 Å². The highest BCUT2D eigenvalue weighted by Crippen LogP contribution is 2.29. The minimum Gasteiger partial charge on any atom is -0.340 e. The lowest BCUT2D eigenvalue weighted by Crippen LogP contribution is -2.20. The fraction of sp³-hybridized carbons (Fsp3) is 0.267. The maximum absolute atomic E-state index is 15.4. The highest BCUT2D eigenvalue weighted by atomic mass is 35.5. The summed E-state index contributed by atoms with van der Waals surface area (Å²) in [5.74, 6) is -0.485. The van der Waals surface area contributed by atoms with Crippen LogP contribution in [0.3, 0.4) is 0 Å². The fourth-order valence-corrected chi connectivity index (χ4v) is 4.43. The molecule has 4 aromatic rings. The Balaban J connectivity index is 1.62. The third-order valence-electron chi connectivity index (χ3n) is 6.29. The Morgan fingerprint density at radius 1 is 1.00 bits per heavy atom. The van der Waals surface area contributed by atoms with Gasteiger partial charge in [0.15, 0.2) is 5.78 Å². The third kappa shape index (κ3) is 6.03. The number of aromatic nitrogens is 2. The number of benzene rings is 3. The molecular formula is C30H29ClFN3O2. The Morgan fingerprint density at radius 3 is 2.49 bits per heavy atom. The van der Waals surface area contributed by atoms with Gasteiger partial charge in [0.25, 0.3) is 0 Å². The molecule has 3 aromatic carbocycles. The van der Waals surface area contributed by atoms with Crippen molar-refractivity contribution in [3.8, 4) is 0 Å². The number of carbonyl (C=O) groups is 2. The van der Waals surface area contributed by atoms with E-state index in [1.165, 1.54) is 12.4 Å². The van der Waals surface area contributed by atoms with Crippen molar-refractivity contribution in [1.82, 2.24) is 9.97 Å². The van der Waals surface area contributed by atoms with E-state index < -0.39 is 17.0 Å². The van der Waals surface area contributed by atoms with Crippen molar-refractivity contribution in [2.45, 2.75) is 47.0 Å². The van der Waals surface area contributed by atoms with Gasteiger partial charge in [0.05, 0.1) is 16.1 Å². The van der Waals surface area contributed by atoms with Gasteiger partial charge in [-0.25, -0.2) is 14.4 Å². The van der Waals surface area contributed by atoms with Crippen molar-refractivity contribution in [3.05, 3.63) is 94.0 Å². The van der Waals surface area contributed by atoms with Crippen LogP contribution in [0.2, 0.25) is 5.02 Å². The van der Waals surface area contributed by atoms with E-state index in [4.69, 9.17) is 11.6 Å². The second-order valence-corrected chi connectivity index (χ2v) is 10.6. The number of Topliss-reactive ketones (excluding diaryl/α,β-unsaturated/α-hetero) is 2. The molecule has 0 spiro atoms. The Bertz CT molecular complexity index is 1490. The van der Waals surface area contributed by atoms with Crippen LogP contribution in [0.5, 0.6) is 0 Å². The first-order valence-corrected chi connectivity index (χ1v) is 12.5. The van der Waals surface area contributed by atoms with E-state index in [1.807, 2.05) is 64.1 Å². The van der Waals surface area contributed by atoms with E-state index >= 15 is 4.39 Å². The number of fused-ring (bicyclic) bond motifs is 1. The lowest BCUT2D eigenvalue weighted by Gasteiger charge is -2.17. The number of nitrogens with zero attached hydrogens (tertiary/aromatic N) is 2. The average molecular weight is 518 g/mol. The standard InChI is InChI=1S/C30H29ClFN3O2/c1-18-7-5-9-21(15-18)35-29-22-10-6-8-20(28(22)33-17-34-29)16-24(36)26-23(31)13-11-19(27(26)32)12-14-25(37)30(2,3)4/h5-11,13,15,17H,12,14,16H2,1-4H3,(H,33,34,35). The predicted molar refractivity (Wildman–Crippen MR) is 146 cm³/mol. The van der Waals surface area contributed by atoms with Gasteiger partial charge >= 0.3 is 0 Å². The molecule has 0 bridgehead atoms. The van der Waals surface area contributed by atoms with Crippen LogP contribution in [-0.2, 0) is 17.6 Å². The molecule has 37 heavy (non-hydrogen) atoms. The highest BCUT2D eigenvalue weighted by Gasteiger charge is 2.24. The van der Waals surface area contributed by atoms with Crippen LogP contribution >= 0.6 is 11.6 Å². The van der Waals surface area contributed by atoms with Gasteiger partial charge in [-0.3, -0.25) is 9.59 Å². The van der Waals surface area contributed by atoms with Crippen molar-refractivity contribution in [2.24, 2.45) is 5.41 Å². The second kappa shape index (κ2) is 10.8. The molecule has 0 amide bonds. The van der Waals surface area contributed by atoms with E-state index in [-0.39, 0.29) is 35.6 Å². The monoisotopic (exact) mass is 517 g/mol. The van der Waals surface area contributed by atoms with Crippen molar-refractivity contribution < 1.29 is 14.0 Å². The number of anilines is 2. The van der Waals surface area contributed by atoms with Gasteiger partial charge in [0, 0.05) is 29.3 Å². The molecule has 4 rings (SSSR count). The Hall–Kier alpha value is -3.64. The number of halogens is 2. The van der Waals surface area contributed by atoms with Crippen LogP contribution < -0.4 is 5.32 Å². The minimum atomic E-state index is -0.670. The molecule has 1 N–H and O–H groups in total. The van der Waals surface area contributed by atoms with Crippen LogP contribution in [0.25, 0.3) is 10.9 Å². The number of aryl methyl sites for hydroxylation is 2.